The standard InChI is InChI=1S/C18H26N2O4/c1-17(2,3)24-16(22)20-10-18(11-20)7-12(8-18)15(21)13-9-19-6-5-14(13)23-4/h5-6,9,12,15,21H,7-8,10-11H2,1-4H3. The van der Waals surface area contributed by atoms with Crippen LogP contribution in [0.15, 0.2) is 18.5 Å². The molecular formula is C18H26N2O4. The summed E-state index contributed by atoms with van der Waals surface area (Å²) >= 11 is 0. The number of carbonyl (C=O) groups is 1. The highest BCUT2D eigenvalue weighted by Crippen LogP contribution is 2.56. The molecule has 24 heavy (non-hydrogen) atoms. The Morgan fingerprint density at radius 1 is 1.42 bits per heavy atom. The molecule has 6 heteroatoms. The van der Waals surface area contributed by atoms with Gasteiger partial charge in [-0.15, -0.1) is 0 Å². The van der Waals surface area contributed by atoms with Crippen molar-refractivity contribution in [2.24, 2.45) is 11.3 Å². The third-order valence-corrected chi connectivity index (χ3v) is 4.89. The molecule has 2 fully saturated rings. The first-order valence-corrected chi connectivity index (χ1v) is 8.37. The van der Waals surface area contributed by atoms with Crippen LogP contribution in [0.1, 0.15) is 45.3 Å². The molecule has 1 saturated carbocycles. The maximum Gasteiger partial charge on any atom is 0.410 e. The maximum absolute atomic E-state index is 12.0. The van der Waals surface area contributed by atoms with E-state index in [0.29, 0.717) is 5.75 Å². The van der Waals surface area contributed by atoms with E-state index in [1.54, 1.807) is 30.5 Å². The highest BCUT2D eigenvalue weighted by Gasteiger charge is 2.56. The van der Waals surface area contributed by atoms with Crippen LogP contribution in [0.4, 0.5) is 4.79 Å². The monoisotopic (exact) mass is 334 g/mol. The molecule has 132 valence electrons. The lowest BCUT2D eigenvalue weighted by Crippen LogP contribution is -2.64. The molecule has 1 saturated heterocycles. The fourth-order valence-corrected chi connectivity index (χ4v) is 3.81. The molecule has 1 aromatic rings. The second kappa shape index (κ2) is 5.92. The highest BCUT2D eigenvalue weighted by atomic mass is 16.6. The van der Waals surface area contributed by atoms with Gasteiger partial charge in [-0.05, 0) is 45.6 Å². The summed E-state index contributed by atoms with van der Waals surface area (Å²) in [6.07, 6.45) is 4.32. The summed E-state index contributed by atoms with van der Waals surface area (Å²) in [6.45, 7) is 7.05. The van der Waals surface area contributed by atoms with E-state index in [0.717, 1.165) is 31.5 Å². The second-order valence-electron chi connectivity index (χ2n) is 8.07. The van der Waals surface area contributed by atoms with Crippen LogP contribution in [-0.4, -0.2) is 46.9 Å². The van der Waals surface area contributed by atoms with Crippen molar-refractivity contribution in [1.82, 2.24) is 9.88 Å². The third kappa shape index (κ3) is 3.20. The van der Waals surface area contributed by atoms with Crippen LogP contribution in [0.2, 0.25) is 0 Å². The fraction of sp³-hybridized carbons (Fsp3) is 0.667. The molecule has 1 atom stereocenters. The molecular weight excluding hydrogens is 308 g/mol. The predicted octanol–water partition coefficient (Wildman–Crippen LogP) is 2.77. The van der Waals surface area contributed by atoms with Gasteiger partial charge in [-0.2, -0.15) is 0 Å². The minimum atomic E-state index is -0.574. The SMILES string of the molecule is COc1ccncc1C(O)C1CC2(C1)CN(C(=O)OC(C)(C)C)C2. The first kappa shape index (κ1) is 17.0. The van der Waals surface area contributed by atoms with E-state index in [1.165, 1.54) is 0 Å². The number of pyridine rings is 1. The molecule has 1 spiro atoms. The van der Waals surface area contributed by atoms with Crippen molar-refractivity contribution >= 4 is 6.09 Å². The topological polar surface area (TPSA) is 71.9 Å². The van der Waals surface area contributed by atoms with Gasteiger partial charge in [0.05, 0.1) is 13.2 Å². The van der Waals surface area contributed by atoms with E-state index < -0.39 is 11.7 Å². The normalized spacial score (nSPS) is 21.0. The number of aliphatic hydroxyl groups excluding tert-OH is 1. The van der Waals surface area contributed by atoms with Gasteiger partial charge in [0.2, 0.25) is 0 Å². The number of hydrogen-bond donors (Lipinski definition) is 1. The molecule has 3 rings (SSSR count). The summed E-state index contributed by atoms with van der Waals surface area (Å²) in [5.41, 5.74) is 0.427. The van der Waals surface area contributed by atoms with Gasteiger partial charge in [-0.1, -0.05) is 0 Å². The molecule has 0 radical (unpaired) electrons. The van der Waals surface area contributed by atoms with Crippen LogP contribution in [0.3, 0.4) is 0 Å². The Morgan fingerprint density at radius 2 is 2.08 bits per heavy atom. The Bertz CT molecular complexity index is 612. The lowest BCUT2D eigenvalue weighted by molar-refractivity contribution is -0.123. The van der Waals surface area contributed by atoms with Crippen LogP contribution in [-0.2, 0) is 4.74 Å². The summed E-state index contributed by atoms with van der Waals surface area (Å²) in [4.78, 5) is 17.9. The number of amides is 1. The van der Waals surface area contributed by atoms with Crippen molar-refractivity contribution in [2.45, 2.75) is 45.3 Å². The van der Waals surface area contributed by atoms with Crippen molar-refractivity contribution in [3.63, 3.8) is 0 Å². The van der Waals surface area contributed by atoms with Crippen LogP contribution in [0.5, 0.6) is 5.75 Å². The highest BCUT2D eigenvalue weighted by molar-refractivity contribution is 5.69. The summed E-state index contributed by atoms with van der Waals surface area (Å²) in [5.74, 6) is 0.853. The zero-order valence-corrected chi connectivity index (χ0v) is 14.8. The smallest absolute Gasteiger partial charge is 0.410 e. The quantitative estimate of drug-likeness (QED) is 0.920. The van der Waals surface area contributed by atoms with Crippen molar-refractivity contribution in [3.8, 4) is 5.75 Å². The fourth-order valence-electron chi connectivity index (χ4n) is 3.81. The number of methoxy groups -OCH3 is 1. The van der Waals surface area contributed by atoms with Crippen LogP contribution in [0, 0.1) is 11.3 Å². The van der Waals surface area contributed by atoms with Crippen molar-refractivity contribution < 1.29 is 19.4 Å². The molecule has 1 aliphatic carbocycles. The molecule has 0 aromatic carbocycles. The molecule has 1 unspecified atom stereocenters. The summed E-state index contributed by atoms with van der Waals surface area (Å²) in [6, 6.07) is 1.76. The van der Waals surface area contributed by atoms with E-state index >= 15 is 0 Å². The number of rotatable bonds is 3. The molecule has 1 N–H and O–H groups in total. The average molecular weight is 334 g/mol. The van der Waals surface area contributed by atoms with Gasteiger partial charge in [0.15, 0.2) is 0 Å². The van der Waals surface area contributed by atoms with Gasteiger partial charge in [0.1, 0.15) is 11.4 Å². The van der Waals surface area contributed by atoms with E-state index in [9.17, 15) is 9.90 Å². The summed E-state index contributed by atoms with van der Waals surface area (Å²) in [5, 5.41) is 10.6. The number of aliphatic hydroxyl groups is 1. The maximum atomic E-state index is 12.0. The molecule has 2 aliphatic rings. The van der Waals surface area contributed by atoms with Gasteiger partial charge >= 0.3 is 6.09 Å². The predicted molar refractivity (Wildman–Crippen MR) is 88.7 cm³/mol. The molecule has 0 bridgehead atoms. The molecule has 1 aromatic heterocycles. The van der Waals surface area contributed by atoms with Crippen molar-refractivity contribution in [2.75, 3.05) is 20.2 Å². The number of carbonyl (C=O) groups excluding carboxylic acids is 1. The molecule has 1 aliphatic heterocycles. The van der Waals surface area contributed by atoms with Gasteiger partial charge in [0.25, 0.3) is 0 Å². The Balaban J connectivity index is 1.53. The minimum Gasteiger partial charge on any atom is -0.496 e. The van der Waals surface area contributed by atoms with Crippen LogP contribution < -0.4 is 4.74 Å². The Hall–Kier alpha value is -1.82. The van der Waals surface area contributed by atoms with E-state index in [2.05, 4.69) is 4.98 Å². The molecule has 1 amide bonds. The van der Waals surface area contributed by atoms with Crippen LogP contribution >= 0.6 is 0 Å². The third-order valence-electron chi connectivity index (χ3n) is 4.89. The Morgan fingerprint density at radius 3 is 2.67 bits per heavy atom. The number of nitrogens with zero attached hydrogens (tertiary/aromatic N) is 2. The number of ether oxygens (including phenoxy) is 2. The van der Waals surface area contributed by atoms with Gasteiger partial charge in [-0.3, -0.25) is 4.98 Å². The van der Waals surface area contributed by atoms with Crippen molar-refractivity contribution in [1.29, 1.82) is 0 Å². The van der Waals surface area contributed by atoms with Gasteiger partial charge in [0, 0.05) is 36.5 Å². The minimum absolute atomic E-state index is 0.151. The first-order valence-electron chi connectivity index (χ1n) is 8.37. The number of hydrogen-bond acceptors (Lipinski definition) is 5. The second-order valence-corrected chi connectivity index (χ2v) is 8.07. The lowest BCUT2D eigenvalue weighted by atomic mass is 9.56. The number of aromatic nitrogens is 1. The number of likely N-dealkylation sites (tertiary alicyclic amines) is 1. The zero-order chi connectivity index (χ0) is 17.5. The largest absolute Gasteiger partial charge is 0.496 e. The van der Waals surface area contributed by atoms with E-state index in [-0.39, 0.29) is 17.4 Å². The average Bonchev–Trinajstić information content (AvgIpc) is 2.42. The first-order chi connectivity index (χ1) is 11.2. The van der Waals surface area contributed by atoms with Gasteiger partial charge in [-0.25, -0.2) is 4.79 Å². The van der Waals surface area contributed by atoms with E-state index in [4.69, 9.17) is 9.47 Å². The van der Waals surface area contributed by atoms with Crippen LogP contribution in [0.25, 0.3) is 0 Å². The Kier molecular flexibility index (Phi) is 4.20. The van der Waals surface area contributed by atoms with Gasteiger partial charge < -0.3 is 19.5 Å². The zero-order valence-electron chi connectivity index (χ0n) is 14.8. The Labute approximate surface area is 142 Å². The molecule has 6 nitrogen and oxygen atoms in total. The molecule has 2 heterocycles. The van der Waals surface area contributed by atoms with Crippen molar-refractivity contribution in [3.05, 3.63) is 24.0 Å². The summed E-state index contributed by atoms with van der Waals surface area (Å²) < 4.78 is 10.7. The lowest BCUT2D eigenvalue weighted by Gasteiger charge is -2.59. The summed E-state index contributed by atoms with van der Waals surface area (Å²) in [7, 11) is 1.60. The van der Waals surface area contributed by atoms with E-state index in [1.807, 2.05) is 20.8 Å².